The van der Waals surface area contributed by atoms with Crippen LogP contribution in [0.1, 0.15) is 0 Å². The number of fused-ring (bicyclic) bond motifs is 1. The molecule has 5 heteroatoms. The number of hydrogen-bond donors (Lipinski definition) is 2. The van der Waals surface area contributed by atoms with E-state index in [1.54, 1.807) is 17.1 Å². The summed E-state index contributed by atoms with van der Waals surface area (Å²) in [6.45, 7) is 0. The van der Waals surface area contributed by atoms with Gasteiger partial charge in [-0.3, -0.25) is 4.68 Å². The summed E-state index contributed by atoms with van der Waals surface area (Å²) in [7, 11) is 1.82. The Bertz CT molecular complexity index is 696. The maximum atomic E-state index is 6.03. The minimum absolute atomic E-state index is 0.655. The SMILES string of the molecule is Cn1ncc(-c2ccc3c(Cl)c[nH]c3c2)c1N. The number of aromatic amines is 1. The van der Waals surface area contributed by atoms with E-state index in [1.165, 1.54) is 0 Å². The highest BCUT2D eigenvalue weighted by atomic mass is 35.5. The van der Waals surface area contributed by atoms with Gasteiger partial charge >= 0.3 is 0 Å². The zero-order valence-electron chi connectivity index (χ0n) is 9.24. The molecule has 0 amide bonds. The van der Waals surface area contributed by atoms with E-state index in [-0.39, 0.29) is 0 Å². The van der Waals surface area contributed by atoms with Crippen LogP contribution in [0, 0.1) is 0 Å². The Hall–Kier alpha value is -1.94. The molecule has 0 bridgehead atoms. The van der Waals surface area contributed by atoms with Gasteiger partial charge in [-0.15, -0.1) is 0 Å². The summed E-state index contributed by atoms with van der Waals surface area (Å²) >= 11 is 6.03. The van der Waals surface area contributed by atoms with E-state index in [2.05, 4.69) is 10.1 Å². The molecule has 0 aliphatic rings. The monoisotopic (exact) mass is 246 g/mol. The lowest BCUT2D eigenvalue weighted by molar-refractivity contribution is 0.779. The van der Waals surface area contributed by atoms with Crippen molar-refractivity contribution < 1.29 is 0 Å². The van der Waals surface area contributed by atoms with E-state index < -0.39 is 0 Å². The predicted octanol–water partition coefficient (Wildman–Crippen LogP) is 2.80. The van der Waals surface area contributed by atoms with Gasteiger partial charge in [0.15, 0.2) is 0 Å². The van der Waals surface area contributed by atoms with Gasteiger partial charge in [0.25, 0.3) is 0 Å². The molecule has 2 heterocycles. The molecule has 2 aromatic heterocycles. The van der Waals surface area contributed by atoms with Crippen LogP contribution in [0.15, 0.2) is 30.6 Å². The van der Waals surface area contributed by atoms with Gasteiger partial charge in [-0.05, 0) is 11.6 Å². The van der Waals surface area contributed by atoms with Crippen molar-refractivity contribution in [2.75, 3.05) is 5.73 Å². The molecule has 4 nitrogen and oxygen atoms in total. The largest absolute Gasteiger partial charge is 0.383 e. The Morgan fingerprint density at radius 2 is 2.24 bits per heavy atom. The Labute approximate surface area is 103 Å². The van der Waals surface area contributed by atoms with Crippen molar-refractivity contribution in [2.24, 2.45) is 7.05 Å². The van der Waals surface area contributed by atoms with Gasteiger partial charge in [-0.1, -0.05) is 23.7 Å². The minimum Gasteiger partial charge on any atom is -0.383 e. The second-order valence-corrected chi connectivity index (χ2v) is 4.37. The maximum absolute atomic E-state index is 6.03. The number of rotatable bonds is 1. The molecule has 0 unspecified atom stereocenters. The standard InChI is InChI=1S/C12H11ClN4/c1-17-12(14)9(5-16-17)7-2-3-8-10(13)6-15-11(8)4-7/h2-6,15H,14H2,1H3. The summed E-state index contributed by atoms with van der Waals surface area (Å²) in [6.07, 6.45) is 3.55. The van der Waals surface area contributed by atoms with Gasteiger partial charge < -0.3 is 10.7 Å². The Morgan fingerprint density at radius 1 is 1.41 bits per heavy atom. The Balaban J connectivity index is 2.21. The molecule has 86 valence electrons. The van der Waals surface area contributed by atoms with E-state index in [1.807, 2.05) is 25.2 Å². The van der Waals surface area contributed by atoms with E-state index in [9.17, 15) is 0 Å². The first-order valence-corrected chi connectivity index (χ1v) is 5.59. The van der Waals surface area contributed by atoms with Crippen LogP contribution < -0.4 is 5.73 Å². The fourth-order valence-corrected chi connectivity index (χ4v) is 2.15. The summed E-state index contributed by atoms with van der Waals surface area (Å²) in [4.78, 5) is 3.12. The van der Waals surface area contributed by atoms with Gasteiger partial charge in [0.1, 0.15) is 5.82 Å². The third kappa shape index (κ3) is 1.49. The van der Waals surface area contributed by atoms with Crippen molar-refractivity contribution in [1.82, 2.24) is 14.8 Å². The van der Waals surface area contributed by atoms with Crippen LogP contribution >= 0.6 is 11.6 Å². The smallest absolute Gasteiger partial charge is 0.129 e. The molecule has 0 saturated carbocycles. The number of aryl methyl sites for hydroxylation is 1. The molecule has 3 rings (SSSR count). The van der Waals surface area contributed by atoms with Crippen molar-refractivity contribution in [1.29, 1.82) is 0 Å². The zero-order valence-corrected chi connectivity index (χ0v) is 9.99. The molecule has 3 aromatic rings. The second kappa shape index (κ2) is 3.53. The molecule has 0 radical (unpaired) electrons. The summed E-state index contributed by atoms with van der Waals surface area (Å²) in [6, 6.07) is 6.00. The number of H-pyrrole nitrogens is 1. The van der Waals surface area contributed by atoms with Crippen LogP contribution in [0.25, 0.3) is 22.0 Å². The molecule has 17 heavy (non-hydrogen) atoms. The number of aromatic nitrogens is 3. The van der Waals surface area contributed by atoms with Crippen molar-refractivity contribution in [2.45, 2.75) is 0 Å². The summed E-state index contributed by atoms with van der Waals surface area (Å²) in [5.41, 5.74) is 8.90. The molecule has 1 aromatic carbocycles. The lowest BCUT2D eigenvalue weighted by Gasteiger charge is -2.01. The number of nitrogens with two attached hydrogens (primary N) is 1. The van der Waals surface area contributed by atoms with Gasteiger partial charge in [0.05, 0.1) is 11.2 Å². The van der Waals surface area contributed by atoms with E-state index >= 15 is 0 Å². The molecule has 0 aliphatic heterocycles. The molecule has 0 atom stereocenters. The first-order valence-electron chi connectivity index (χ1n) is 5.21. The molecule has 0 aliphatic carbocycles. The highest BCUT2D eigenvalue weighted by Crippen LogP contribution is 2.30. The van der Waals surface area contributed by atoms with Gasteiger partial charge in [-0.2, -0.15) is 5.10 Å². The van der Waals surface area contributed by atoms with E-state index in [0.29, 0.717) is 5.82 Å². The molecular formula is C12H11ClN4. The topological polar surface area (TPSA) is 59.6 Å². The number of hydrogen-bond acceptors (Lipinski definition) is 2. The number of nitrogen functional groups attached to an aromatic ring is 1. The number of nitrogens with zero attached hydrogens (tertiary/aromatic N) is 2. The van der Waals surface area contributed by atoms with Crippen molar-refractivity contribution in [3.63, 3.8) is 0 Å². The lowest BCUT2D eigenvalue weighted by atomic mass is 10.1. The highest BCUT2D eigenvalue weighted by Gasteiger charge is 2.09. The van der Waals surface area contributed by atoms with Crippen molar-refractivity contribution >= 4 is 28.3 Å². The van der Waals surface area contributed by atoms with Crippen LogP contribution in [0.4, 0.5) is 5.82 Å². The normalized spacial score (nSPS) is 11.2. The fourth-order valence-electron chi connectivity index (χ4n) is 1.93. The summed E-state index contributed by atoms with van der Waals surface area (Å²) in [5.74, 6) is 0.655. The average molecular weight is 247 g/mol. The van der Waals surface area contributed by atoms with Gasteiger partial charge in [0.2, 0.25) is 0 Å². The molecule has 0 fully saturated rings. The van der Waals surface area contributed by atoms with Crippen LogP contribution in [-0.2, 0) is 7.05 Å². The Kier molecular flexibility index (Phi) is 2.12. The van der Waals surface area contributed by atoms with Crippen LogP contribution in [0.2, 0.25) is 5.02 Å². The summed E-state index contributed by atoms with van der Waals surface area (Å²) in [5, 5.41) is 5.87. The predicted molar refractivity (Wildman–Crippen MR) is 69.9 cm³/mol. The first kappa shape index (κ1) is 10.2. The molecular weight excluding hydrogens is 236 g/mol. The third-order valence-corrected chi connectivity index (χ3v) is 3.24. The fraction of sp³-hybridized carbons (Fsp3) is 0.0833. The summed E-state index contributed by atoms with van der Waals surface area (Å²) < 4.78 is 1.65. The van der Waals surface area contributed by atoms with Crippen LogP contribution in [0.3, 0.4) is 0 Å². The van der Waals surface area contributed by atoms with E-state index in [0.717, 1.165) is 27.1 Å². The second-order valence-electron chi connectivity index (χ2n) is 3.96. The number of benzene rings is 1. The minimum atomic E-state index is 0.655. The van der Waals surface area contributed by atoms with Crippen LogP contribution in [0.5, 0.6) is 0 Å². The number of nitrogens with one attached hydrogen (secondary N) is 1. The first-order chi connectivity index (χ1) is 8.16. The van der Waals surface area contributed by atoms with Crippen LogP contribution in [-0.4, -0.2) is 14.8 Å². The molecule has 3 N–H and O–H groups in total. The van der Waals surface area contributed by atoms with E-state index in [4.69, 9.17) is 17.3 Å². The number of halogens is 1. The lowest BCUT2D eigenvalue weighted by Crippen LogP contribution is -1.97. The molecule has 0 spiro atoms. The van der Waals surface area contributed by atoms with Crippen molar-refractivity contribution in [3.05, 3.63) is 35.6 Å². The third-order valence-electron chi connectivity index (χ3n) is 2.93. The van der Waals surface area contributed by atoms with Crippen molar-refractivity contribution in [3.8, 4) is 11.1 Å². The quantitative estimate of drug-likeness (QED) is 0.694. The number of anilines is 1. The Morgan fingerprint density at radius 3 is 2.94 bits per heavy atom. The van der Waals surface area contributed by atoms with Gasteiger partial charge in [-0.25, -0.2) is 0 Å². The zero-order chi connectivity index (χ0) is 12.0. The molecule has 0 saturated heterocycles. The average Bonchev–Trinajstić information content (AvgIpc) is 2.85. The maximum Gasteiger partial charge on any atom is 0.129 e. The highest BCUT2D eigenvalue weighted by molar-refractivity contribution is 6.35. The van der Waals surface area contributed by atoms with Gasteiger partial charge in [0, 0.05) is 29.7 Å².